The minimum absolute atomic E-state index is 0.633. The first-order valence-electron chi connectivity index (χ1n) is 11.6. The molecule has 0 N–H and O–H groups in total. The fourth-order valence-electron chi connectivity index (χ4n) is 5.24. The largest absolute Gasteiger partial charge is 0.294 e. The summed E-state index contributed by atoms with van der Waals surface area (Å²) in [6.45, 7) is 0. The van der Waals surface area contributed by atoms with Gasteiger partial charge in [-0.3, -0.25) is 9.13 Å². The predicted octanol–water partition coefficient (Wildman–Crippen LogP) is 7.02. The molecular weight excluding hydrogens is 442 g/mol. The Balaban J connectivity index is 1.53. The van der Waals surface area contributed by atoms with Crippen LogP contribution in [0.15, 0.2) is 103 Å². The van der Waals surface area contributed by atoms with Crippen molar-refractivity contribution in [3.63, 3.8) is 0 Å². The molecule has 3 aromatic heterocycles. The van der Waals surface area contributed by atoms with E-state index in [1.807, 2.05) is 78.9 Å². The zero-order valence-electron chi connectivity index (χ0n) is 19.1. The molecule has 0 amide bonds. The molecule has 0 fully saturated rings. The Labute approximate surface area is 206 Å². The number of para-hydroxylation sites is 2. The molecule has 0 radical (unpaired) electrons. The SMILES string of the molecule is N#Cc1ccc2c(c1)c1ccccc1n2-c1cccc(-n2c3ccccc3c3cc(C#N)ccc32)n1. The van der Waals surface area contributed by atoms with E-state index in [9.17, 15) is 10.5 Å². The van der Waals surface area contributed by atoms with Crippen molar-refractivity contribution < 1.29 is 0 Å². The summed E-state index contributed by atoms with van der Waals surface area (Å²) in [6, 6.07) is 38.5. The van der Waals surface area contributed by atoms with E-state index >= 15 is 0 Å². The van der Waals surface area contributed by atoms with Gasteiger partial charge in [-0.2, -0.15) is 10.5 Å². The van der Waals surface area contributed by atoms with Gasteiger partial charge < -0.3 is 0 Å². The summed E-state index contributed by atoms with van der Waals surface area (Å²) in [7, 11) is 0. The van der Waals surface area contributed by atoms with Crippen LogP contribution in [-0.4, -0.2) is 14.1 Å². The molecule has 7 rings (SSSR count). The number of hydrogen-bond donors (Lipinski definition) is 0. The minimum Gasteiger partial charge on any atom is -0.294 e. The molecule has 166 valence electrons. The summed E-state index contributed by atoms with van der Waals surface area (Å²) in [5.41, 5.74) is 5.34. The molecule has 4 aromatic carbocycles. The second-order valence-corrected chi connectivity index (χ2v) is 8.75. The molecule has 7 aromatic rings. The molecule has 0 bridgehead atoms. The Morgan fingerprint density at radius 1 is 0.472 bits per heavy atom. The van der Waals surface area contributed by atoms with Crippen LogP contribution in [0.4, 0.5) is 0 Å². The van der Waals surface area contributed by atoms with Gasteiger partial charge in [0.05, 0.1) is 45.3 Å². The van der Waals surface area contributed by atoms with Crippen LogP contribution >= 0.6 is 0 Å². The van der Waals surface area contributed by atoms with Gasteiger partial charge in [0.15, 0.2) is 0 Å². The van der Waals surface area contributed by atoms with E-state index in [2.05, 4.69) is 45.5 Å². The number of pyridine rings is 1. The number of benzene rings is 4. The second-order valence-electron chi connectivity index (χ2n) is 8.75. The molecule has 0 saturated heterocycles. The van der Waals surface area contributed by atoms with Crippen molar-refractivity contribution in [2.75, 3.05) is 0 Å². The molecule has 0 unspecified atom stereocenters. The molecule has 3 heterocycles. The van der Waals surface area contributed by atoms with E-state index in [4.69, 9.17) is 4.98 Å². The van der Waals surface area contributed by atoms with Crippen molar-refractivity contribution in [2.24, 2.45) is 0 Å². The zero-order chi connectivity index (χ0) is 24.2. The molecule has 0 atom stereocenters. The van der Waals surface area contributed by atoms with Gasteiger partial charge in [0.1, 0.15) is 11.6 Å². The van der Waals surface area contributed by atoms with Crippen molar-refractivity contribution in [2.45, 2.75) is 0 Å². The van der Waals surface area contributed by atoms with Gasteiger partial charge in [-0.05, 0) is 60.7 Å². The van der Waals surface area contributed by atoms with Crippen molar-refractivity contribution in [1.82, 2.24) is 14.1 Å². The van der Waals surface area contributed by atoms with E-state index in [0.717, 1.165) is 55.2 Å². The maximum absolute atomic E-state index is 9.45. The number of nitriles is 2. The molecule has 0 aliphatic carbocycles. The Kier molecular flexibility index (Phi) is 4.21. The van der Waals surface area contributed by atoms with Crippen LogP contribution in [0.25, 0.3) is 55.2 Å². The van der Waals surface area contributed by atoms with Gasteiger partial charge in [-0.25, -0.2) is 4.98 Å². The maximum Gasteiger partial charge on any atom is 0.140 e. The average molecular weight is 460 g/mol. The Morgan fingerprint density at radius 3 is 1.39 bits per heavy atom. The highest BCUT2D eigenvalue weighted by molar-refractivity contribution is 6.10. The van der Waals surface area contributed by atoms with Gasteiger partial charge in [-0.1, -0.05) is 42.5 Å². The average Bonchev–Trinajstić information content (AvgIpc) is 3.45. The van der Waals surface area contributed by atoms with E-state index in [1.165, 1.54) is 0 Å². The van der Waals surface area contributed by atoms with Crippen LogP contribution in [0, 0.1) is 22.7 Å². The van der Waals surface area contributed by atoms with Crippen molar-refractivity contribution in [1.29, 1.82) is 10.5 Å². The fourth-order valence-corrected chi connectivity index (χ4v) is 5.24. The van der Waals surface area contributed by atoms with E-state index in [0.29, 0.717) is 11.1 Å². The predicted molar refractivity (Wildman–Crippen MR) is 142 cm³/mol. The number of fused-ring (bicyclic) bond motifs is 6. The van der Waals surface area contributed by atoms with Crippen molar-refractivity contribution >= 4 is 43.6 Å². The summed E-state index contributed by atoms with van der Waals surface area (Å²) >= 11 is 0. The fraction of sp³-hybridized carbons (Fsp3) is 0. The van der Waals surface area contributed by atoms with Crippen LogP contribution in [0.1, 0.15) is 11.1 Å². The molecule has 0 saturated carbocycles. The summed E-state index contributed by atoms with van der Waals surface area (Å²) < 4.78 is 4.30. The Morgan fingerprint density at radius 2 is 0.917 bits per heavy atom. The van der Waals surface area contributed by atoms with Crippen molar-refractivity contribution in [3.05, 3.63) is 114 Å². The topological polar surface area (TPSA) is 70.3 Å². The van der Waals surface area contributed by atoms with Crippen LogP contribution in [0.5, 0.6) is 0 Å². The molecular formula is C31H17N5. The molecule has 0 aliphatic heterocycles. The Bertz CT molecular complexity index is 1930. The summed E-state index contributed by atoms with van der Waals surface area (Å²) in [5.74, 6) is 1.59. The highest BCUT2D eigenvalue weighted by Gasteiger charge is 2.16. The summed E-state index contributed by atoms with van der Waals surface area (Å²) in [6.07, 6.45) is 0. The standard InChI is InChI=1S/C31H17N5/c32-18-20-12-14-28-24(16-20)22-6-1-3-8-26(22)35(28)30-10-5-11-31(34-30)36-27-9-4-2-7-23(27)25-17-21(19-33)13-15-29(25)36/h1-17H. The van der Waals surface area contributed by atoms with Crippen LogP contribution in [-0.2, 0) is 0 Å². The lowest BCUT2D eigenvalue weighted by Gasteiger charge is -2.11. The van der Waals surface area contributed by atoms with Crippen LogP contribution in [0.3, 0.4) is 0 Å². The monoisotopic (exact) mass is 459 g/mol. The third kappa shape index (κ3) is 2.78. The van der Waals surface area contributed by atoms with E-state index < -0.39 is 0 Å². The molecule has 0 spiro atoms. The van der Waals surface area contributed by atoms with Gasteiger partial charge in [0.25, 0.3) is 0 Å². The number of rotatable bonds is 2. The summed E-state index contributed by atoms with van der Waals surface area (Å²) in [4.78, 5) is 5.14. The van der Waals surface area contributed by atoms with Crippen molar-refractivity contribution in [3.8, 4) is 23.8 Å². The first-order valence-corrected chi connectivity index (χ1v) is 11.6. The molecule has 0 aliphatic rings. The lowest BCUT2D eigenvalue weighted by Crippen LogP contribution is -2.03. The highest BCUT2D eigenvalue weighted by Crippen LogP contribution is 2.34. The van der Waals surface area contributed by atoms with Gasteiger partial charge in [0.2, 0.25) is 0 Å². The third-order valence-electron chi connectivity index (χ3n) is 6.78. The number of hydrogen-bond acceptors (Lipinski definition) is 3. The lowest BCUT2D eigenvalue weighted by atomic mass is 10.1. The molecule has 5 heteroatoms. The lowest BCUT2D eigenvalue weighted by molar-refractivity contribution is 1.01. The minimum atomic E-state index is 0.633. The number of nitrogens with zero attached hydrogens (tertiary/aromatic N) is 5. The smallest absolute Gasteiger partial charge is 0.140 e. The molecule has 5 nitrogen and oxygen atoms in total. The van der Waals surface area contributed by atoms with Gasteiger partial charge in [0, 0.05) is 21.5 Å². The first-order chi connectivity index (χ1) is 17.8. The number of aromatic nitrogens is 3. The highest BCUT2D eigenvalue weighted by atomic mass is 15.1. The first kappa shape index (κ1) is 20.0. The maximum atomic E-state index is 9.45. The van der Waals surface area contributed by atoms with Crippen LogP contribution in [0.2, 0.25) is 0 Å². The molecule has 36 heavy (non-hydrogen) atoms. The third-order valence-corrected chi connectivity index (χ3v) is 6.78. The van der Waals surface area contributed by atoms with E-state index in [-0.39, 0.29) is 0 Å². The Hall–Kier alpha value is -5.39. The zero-order valence-corrected chi connectivity index (χ0v) is 19.1. The summed E-state index contributed by atoms with van der Waals surface area (Å²) in [5, 5.41) is 23.1. The second kappa shape index (κ2) is 7.56. The van der Waals surface area contributed by atoms with Gasteiger partial charge >= 0.3 is 0 Å². The van der Waals surface area contributed by atoms with Crippen LogP contribution < -0.4 is 0 Å². The normalized spacial score (nSPS) is 11.3. The quantitative estimate of drug-likeness (QED) is 0.279. The van der Waals surface area contributed by atoms with E-state index in [1.54, 1.807) is 0 Å². The van der Waals surface area contributed by atoms with Gasteiger partial charge in [-0.15, -0.1) is 0 Å².